The maximum atomic E-state index is 13.2. The van der Waals surface area contributed by atoms with E-state index in [-0.39, 0.29) is 5.82 Å². The van der Waals surface area contributed by atoms with Gasteiger partial charge >= 0.3 is 0 Å². The third kappa shape index (κ3) is 2.81. The first-order valence-electron chi connectivity index (χ1n) is 5.60. The largest absolute Gasteiger partial charge is 0.264 e. The van der Waals surface area contributed by atoms with Crippen molar-refractivity contribution in [3.8, 4) is 6.07 Å². The molecule has 0 fully saturated rings. The first kappa shape index (κ1) is 13.3. The molecule has 4 heteroatoms. The molecule has 1 aromatic heterocycles. The van der Waals surface area contributed by atoms with Crippen molar-refractivity contribution in [3.63, 3.8) is 0 Å². The number of nitrogens with zero attached hydrogens (tertiary/aromatic N) is 2. The molecule has 0 saturated heterocycles. The Morgan fingerprint density at radius 2 is 2.11 bits per heavy atom. The zero-order valence-electron chi connectivity index (χ0n) is 10.2. The van der Waals surface area contributed by atoms with Gasteiger partial charge in [0.1, 0.15) is 11.9 Å². The molecule has 0 radical (unpaired) electrons. The average molecular weight is 273 g/mol. The molecule has 2 nitrogen and oxygen atoms in total. The van der Waals surface area contributed by atoms with Gasteiger partial charge in [0.2, 0.25) is 0 Å². The first-order chi connectivity index (χ1) is 9.13. The molecule has 0 amide bonds. The number of rotatable bonds is 2. The second-order valence-corrected chi connectivity index (χ2v) is 4.38. The Labute approximate surface area is 115 Å². The standard InChI is InChI=1S/C15H10ClFN2/c1-10-7-11(4-5-14(10)17)15(16)13(8-18)12-3-2-6-19-9-12/h2-7,9H,1H3/b15-13+. The van der Waals surface area contributed by atoms with Crippen molar-refractivity contribution in [1.29, 1.82) is 5.26 Å². The Morgan fingerprint density at radius 1 is 1.32 bits per heavy atom. The quantitative estimate of drug-likeness (QED) is 0.770. The SMILES string of the molecule is Cc1cc(/C(Cl)=C(/C#N)c2cccnc2)ccc1F. The van der Waals surface area contributed by atoms with Crippen LogP contribution in [0.1, 0.15) is 16.7 Å². The molecule has 2 rings (SSSR count). The highest BCUT2D eigenvalue weighted by atomic mass is 35.5. The molecule has 94 valence electrons. The number of allylic oxidation sites excluding steroid dienone is 1. The van der Waals surface area contributed by atoms with Gasteiger partial charge in [-0.05, 0) is 36.2 Å². The van der Waals surface area contributed by atoms with Crippen LogP contribution in [-0.2, 0) is 0 Å². The summed E-state index contributed by atoms with van der Waals surface area (Å²) >= 11 is 6.24. The Balaban J connectivity index is 2.56. The Kier molecular flexibility index (Phi) is 3.94. The minimum atomic E-state index is -0.298. The highest BCUT2D eigenvalue weighted by Crippen LogP contribution is 2.29. The topological polar surface area (TPSA) is 36.7 Å². The van der Waals surface area contributed by atoms with Crippen LogP contribution in [0.15, 0.2) is 42.7 Å². The number of halogens is 2. The smallest absolute Gasteiger partial charge is 0.126 e. The van der Waals surface area contributed by atoms with Gasteiger partial charge in [0.25, 0.3) is 0 Å². The van der Waals surface area contributed by atoms with E-state index in [2.05, 4.69) is 11.1 Å². The maximum absolute atomic E-state index is 13.2. The summed E-state index contributed by atoms with van der Waals surface area (Å²) < 4.78 is 13.2. The van der Waals surface area contributed by atoms with Crippen molar-refractivity contribution in [2.45, 2.75) is 6.92 Å². The molecule has 1 heterocycles. The van der Waals surface area contributed by atoms with E-state index in [0.29, 0.717) is 27.3 Å². The van der Waals surface area contributed by atoms with E-state index in [1.165, 1.54) is 6.07 Å². The summed E-state index contributed by atoms with van der Waals surface area (Å²) in [5, 5.41) is 9.53. The summed E-state index contributed by atoms with van der Waals surface area (Å²) in [5.74, 6) is -0.298. The zero-order chi connectivity index (χ0) is 13.8. The molecular formula is C15H10ClFN2. The molecule has 2 aromatic rings. The third-order valence-corrected chi connectivity index (χ3v) is 3.10. The van der Waals surface area contributed by atoms with Gasteiger partial charge in [0, 0.05) is 18.0 Å². The maximum Gasteiger partial charge on any atom is 0.126 e. The van der Waals surface area contributed by atoms with E-state index in [4.69, 9.17) is 11.6 Å². The van der Waals surface area contributed by atoms with Crippen molar-refractivity contribution < 1.29 is 4.39 Å². The summed E-state index contributed by atoms with van der Waals surface area (Å²) in [5.41, 5.74) is 2.05. The molecule has 1 aromatic carbocycles. The van der Waals surface area contributed by atoms with Gasteiger partial charge in [-0.25, -0.2) is 4.39 Å². The lowest BCUT2D eigenvalue weighted by Gasteiger charge is -2.05. The number of hydrogen-bond acceptors (Lipinski definition) is 2. The fourth-order valence-electron chi connectivity index (χ4n) is 1.68. The summed E-state index contributed by atoms with van der Waals surface area (Å²) in [4.78, 5) is 3.96. The minimum absolute atomic E-state index is 0.290. The molecule has 0 N–H and O–H groups in total. The Hall–Kier alpha value is -2.18. The lowest BCUT2D eigenvalue weighted by Crippen LogP contribution is -1.89. The van der Waals surface area contributed by atoms with Gasteiger partial charge in [-0.15, -0.1) is 0 Å². The van der Waals surface area contributed by atoms with Gasteiger partial charge in [-0.3, -0.25) is 4.98 Å². The Bertz CT molecular complexity index is 672. The summed E-state index contributed by atoms with van der Waals surface area (Å²) in [6.07, 6.45) is 3.19. The predicted octanol–water partition coefficient (Wildman–Crippen LogP) is 4.16. The van der Waals surface area contributed by atoms with E-state index < -0.39 is 0 Å². The van der Waals surface area contributed by atoms with Crippen LogP contribution in [0.25, 0.3) is 10.6 Å². The summed E-state index contributed by atoms with van der Waals surface area (Å²) in [6.45, 7) is 1.65. The number of aromatic nitrogens is 1. The Morgan fingerprint density at radius 3 is 2.68 bits per heavy atom. The molecule has 19 heavy (non-hydrogen) atoms. The van der Waals surface area contributed by atoms with Crippen LogP contribution < -0.4 is 0 Å². The van der Waals surface area contributed by atoms with E-state index in [1.807, 2.05) is 0 Å². The van der Waals surface area contributed by atoms with E-state index in [9.17, 15) is 9.65 Å². The number of benzene rings is 1. The number of aryl methyl sites for hydroxylation is 1. The monoisotopic (exact) mass is 272 g/mol. The van der Waals surface area contributed by atoms with Crippen molar-refractivity contribution >= 4 is 22.2 Å². The molecule has 0 bridgehead atoms. The second kappa shape index (κ2) is 5.64. The van der Waals surface area contributed by atoms with Gasteiger partial charge in [0.05, 0.1) is 10.6 Å². The first-order valence-corrected chi connectivity index (χ1v) is 5.98. The minimum Gasteiger partial charge on any atom is -0.264 e. The van der Waals surface area contributed by atoms with Crippen LogP contribution in [0.3, 0.4) is 0 Å². The zero-order valence-corrected chi connectivity index (χ0v) is 10.9. The lowest BCUT2D eigenvalue weighted by atomic mass is 10.0. The van der Waals surface area contributed by atoms with Crippen molar-refractivity contribution in [1.82, 2.24) is 4.98 Å². The average Bonchev–Trinajstić information content (AvgIpc) is 2.44. The molecule has 0 aliphatic rings. The molecule has 0 spiro atoms. The van der Waals surface area contributed by atoms with Crippen LogP contribution >= 0.6 is 11.6 Å². The van der Waals surface area contributed by atoms with Crippen LogP contribution in [-0.4, -0.2) is 4.98 Å². The highest BCUT2D eigenvalue weighted by Gasteiger charge is 2.10. The lowest BCUT2D eigenvalue weighted by molar-refractivity contribution is 0.618. The molecular weight excluding hydrogens is 263 g/mol. The van der Waals surface area contributed by atoms with E-state index in [1.54, 1.807) is 43.6 Å². The van der Waals surface area contributed by atoms with Crippen LogP contribution in [0.2, 0.25) is 0 Å². The fourth-order valence-corrected chi connectivity index (χ4v) is 1.95. The molecule has 0 unspecified atom stereocenters. The van der Waals surface area contributed by atoms with Crippen LogP contribution in [0.5, 0.6) is 0 Å². The summed E-state index contributed by atoms with van der Waals surface area (Å²) in [7, 11) is 0. The molecule has 0 saturated carbocycles. The van der Waals surface area contributed by atoms with Crippen molar-refractivity contribution in [2.75, 3.05) is 0 Å². The third-order valence-electron chi connectivity index (χ3n) is 2.69. The van der Waals surface area contributed by atoms with Crippen molar-refractivity contribution in [2.24, 2.45) is 0 Å². The van der Waals surface area contributed by atoms with Gasteiger partial charge in [0.15, 0.2) is 0 Å². The number of nitriles is 1. The molecule has 0 atom stereocenters. The molecule has 0 aliphatic heterocycles. The fraction of sp³-hybridized carbons (Fsp3) is 0.0667. The second-order valence-electron chi connectivity index (χ2n) is 4.01. The van der Waals surface area contributed by atoms with Gasteiger partial charge in [-0.2, -0.15) is 5.26 Å². The normalized spacial score (nSPS) is 11.7. The van der Waals surface area contributed by atoms with Gasteiger partial charge in [-0.1, -0.05) is 23.7 Å². The van der Waals surface area contributed by atoms with E-state index in [0.717, 1.165) is 0 Å². The number of pyridine rings is 1. The van der Waals surface area contributed by atoms with Crippen molar-refractivity contribution in [3.05, 3.63) is 65.2 Å². The van der Waals surface area contributed by atoms with Crippen LogP contribution in [0.4, 0.5) is 4.39 Å². The predicted molar refractivity (Wildman–Crippen MR) is 73.7 cm³/mol. The van der Waals surface area contributed by atoms with E-state index >= 15 is 0 Å². The molecule has 0 aliphatic carbocycles. The van der Waals surface area contributed by atoms with Crippen LogP contribution in [0, 0.1) is 24.1 Å². The van der Waals surface area contributed by atoms with Gasteiger partial charge < -0.3 is 0 Å². The highest BCUT2D eigenvalue weighted by molar-refractivity contribution is 6.53. The number of hydrogen-bond donors (Lipinski definition) is 0. The summed E-state index contributed by atoms with van der Waals surface area (Å²) in [6, 6.07) is 10.1.